The van der Waals surface area contributed by atoms with Crippen LogP contribution in [0.4, 0.5) is 0 Å². The van der Waals surface area contributed by atoms with Gasteiger partial charge in [0.25, 0.3) is 0 Å². The van der Waals surface area contributed by atoms with Crippen molar-refractivity contribution in [1.29, 1.82) is 0 Å². The summed E-state index contributed by atoms with van der Waals surface area (Å²) in [5, 5.41) is 13.9. The number of hydrogen-bond donors (Lipinski definition) is 1. The van der Waals surface area contributed by atoms with Gasteiger partial charge in [0.1, 0.15) is 0 Å². The minimum absolute atomic E-state index is 0.132. The molecule has 2 heterocycles. The van der Waals surface area contributed by atoms with Gasteiger partial charge in [-0.05, 0) is 18.2 Å². The molecule has 72 valence electrons. The molecule has 13 heavy (non-hydrogen) atoms. The smallest absolute Gasteiger partial charge is 0.0670 e. The highest BCUT2D eigenvalue weighted by molar-refractivity contribution is 7.99. The van der Waals surface area contributed by atoms with Gasteiger partial charge in [0, 0.05) is 24.9 Å². The number of aliphatic hydroxyl groups is 1. The van der Waals surface area contributed by atoms with Crippen molar-refractivity contribution in [2.24, 2.45) is 13.0 Å². The minimum atomic E-state index is -0.132. The first-order valence-electron chi connectivity index (χ1n) is 4.50. The molecule has 1 aromatic rings. The lowest BCUT2D eigenvalue weighted by Gasteiger charge is -2.10. The Morgan fingerprint density at radius 1 is 1.69 bits per heavy atom. The molecule has 1 aliphatic rings. The second kappa shape index (κ2) is 3.72. The van der Waals surface area contributed by atoms with Crippen LogP contribution in [0.1, 0.15) is 5.69 Å². The standard InChI is InChI=1S/C9H14N2OS/c1-11-3-2-8(10-11)4-7-5-13-6-9(7)12/h2-3,7,9,12H,4-6H2,1H3. The van der Waals surface area contributed by atoms with Crippen molar-refractivity contribution >= 4 is 11.8 Å². The molecule has 0 amide bonds. The van der Waals surface area contributed by atoms with Gasteiger partial charge in [-0.15, -0.1) is 0 Å². The first-order valence-corrected chi connectivity index (χ1v) is 5.65. The van der Waals surface area contributed by atoms with Gasteiger partial charge in [-0.2, -0.15) is 16.9 Å². The van der Waals surface area contributed by atoms with Gasteiger partial charge >= 0.3 is 0 Å². The molecule has 1 fully saturated rings. The van der Waals surface area contributed by atoms with Gasteiger partial charge in [0.05, 0.1) is 11.8 Å². The van der Waals surface area contributed by atoms with E-state index in [-0.39, 0.29) is 6.10 Å². The molecule has 0 aliphatic carbocycles. The first-order chi connectivity index (χ1) is 6.25. The third kappa shape index (κ3) is 2.06. The fraction of sp³-hybridized carbons (Fsp3) is 0.667. The molecule has 2 unspecified atom stereocenters. The van der Waals surface area contributed by atoms with Crippen LogP contribution >= 0.6 is 11.8 Å². The summed E-state index contributed by atoms with van der Waals surface area (Å²) in [7, 11) is 1.92. The Labute approximate surface area is 82.1 Å². The van der Waals surface area contributed by atoms with Gasteiger partial charge in [-0.1, -0.05) is 0 Å². The van der Waals surface area contributed by atoms with Crippen LogP contribution in [-0.4, -0.2) is 32.5 Å². The molecule has 2 rings (SSSR count). The number of hydrogen-bond acceptors (Lipinski definition) is 3. The van der Waals surface area contributed by atoms with E-state index in [1.54, 1.807) is 0 Å². The predicted octanol–water partition coefficient (Wildman–Crippen LogP) is 0.686. The summed E-state index contributed by atoms with van der Waals surface area (Å²) in [4.78, 5) is 0. The lowest BCUT2D eigenvalue weighted by Crippen LogP contribution is -2.20. The van der Waals surface area contributed by atoms with E-state index in [1.807, 2.05) is 35.8 Å². The van der Waals surface area contributed by atoms with E-state index < -0.39 is 0 Å². The Hall–Kier alpha value is -0.480. The van der Waals surface area contributed by atoms with Crippen LogP contribution in [0.2, 0.25) is 0 Å². The highest BCUT2D eigenvalue weighted by Gasteiger charge is 2.26. The quantitative estimate of drug-likeness (QED) is 0.759. The topological polar surface area (TPSA) is 38.0 Å². The summed E-state index contributed by atoms with van der Waals surface area (Å²) in [6.45, 7) is 0. The molecule has 4 heteroatoms. The number of aliphatic hydroxyl groups excluding tert-OH is 1. The van der Waals surface area contributed by atoms with E-state index in [0.717, 1.165) is 23.6 Å². The lowest BCUT2D eigenvalue weighted by molar-refractivity contribution is 0.149. The second-order valence-corrected chi connectivity index (χ2v) is 4.62. The second-order valence-electron chi connectivity index (χ2n) is 3.55. The van der Waals surface area contributed by atoms with E-state index in [1.165, 1.54) is 0 Å². The molecule has 1 aliphatic heterocycles. The maximum atomic E-state index is 9.60. The number of rotatable bonds is 2. The van der Waals surface area contributed by atoms with Gasteiger partial charge in [-0.3, -0.25) is 4.68 Å². The zero-order valence-corrected chi connectivity index (χ0v) is 8.50. The van der Waals surface area contributed by atoms with Crippen molar-refractivity contribution in [3.8, 4) is 0 Å². The van der Waals surface area contributed by atoms with E-state index in [2.05, 4.69) is 5.10 Å². The molecule has 1 N–H and O–H groups in total. The van der Waals surface area contributed by atoms with E-state index in [4.69, 9.17) is 0 Å². The van der Waals surface area contributed by atoms with E-state index in [9.17, 15) is 5.11 Å². The Bertz CT molecular complexity index is 287. The molecule has 0 radical (unpaired) electrons. The summed E-state index contributed by atoms with van der Waals surface area (Å²) >= 11 is 1.83. The Morgan fingerprint density at radius 3 is 3.08 bits per heavy atom. The van der Waals surface area contributed by atoms with Crippen molar-refractivity contribution in [2.45, 2.75) is 12.5 Å². The minimum Gasteiger partial charge on any atom is -0.392 e. The zero-order valence-electron chi connectivity index (χ0n) is 7.68. The number of aromatic nitrogens is 2. The highest BCUT2D eigenvalue weighted by Crippen LogP contribution is 2.26. The monoisotopic (exact) mass is 198 g/mol. The van der Waals surface area contributed by atoms with Crippen LogP contribution in [0.25, 0.3) is 0 Å². The zero-order chi connectivity index (χ0) is 9.26. The van der Waals surface area contributed by atoms with Crippen LogP contribution in [0, 0.1) is 5.92 Å². The summed E-state index contributed by atoms with van der Waals surface area (Å²) < 4.78 is 1.81. The largest absolute Gasteiger partial charge is 0.392 e. The highest BCUT2D eigenvalue weighted by atomic mass is 32.2. The van der Waals surface area contributed by atoms with Crippen LogP contribution in [0.5, 0.6) is 0 Å². The van der Waals surface area contributed by atoms with Crippen LogP contribution < -0.4 is 0 Å². The third-order valence-electron chi connectivity index (χ3n) is 2.40. The van der Waals surface area contributed by atoms with Crippen molar-refractivity contribution in [3.05, 3.63) is 18.0 Å². The molecule has 0 spiro atoms. The van der Waals surface area contributed by atoms with Crippen LogP contribution in [-0.2, 0) is 13.5 Å². The molecule has 3 nitrogen and oxygen atoms in total. The molecule has 1 saturated heterocycles. The van der Waals surface area contributed by atoms with Gasteiger partial charge in [-0.25, -0.2) is 0 Å². The van der Waals surface area contributed by atoms with Crippen molar-refractivity contribution in [2.75, 3.05) is 11.5 Å². The first kappa shape index (κ1) is 9.09. The molecule has 1 aromatic heterocycles. The number of aryl methyl sites for hydroxylation is 1. The summed E-state index contributed by atoms with van der Waals surface area (Å²) in [6.07, 6.45) is 2.73. The Balaban J connectivity index is 1.97. The van der Waals surface area contributed by atoms with E-state index >= 15 is 0 Å². The van der Waals surface area contributed by atoms with Gasteiger partial charge in [0.2, 0.25) is 0 Å². The maximum Gasteiger partial charge on any atom is 0.0670 e. The summed E-state index contributed by atoms with van der Waals surface area (Å²) in [5.41, 5.74) is 1.09. The van der Waals surface area contributed by atoms with Gasteiger partial charge < -0.3 is 5.11 Å². The molecular weight excluding hydrogens is 184 g/mol. The SMILES string of the molecule is Cn1ccc(CC2CSCC2O)n1. The maximum absolute atomic E-state index is 9.60. The summed E-state index contributed by atoms with van der Waals surface area (Å²) in [5.74, 6) is 2.36. The van der Waals surface area contributed by atoms with E-state index in [0.29, 0.717) is 5.92 Å². The molecule has 2 atom stereocenters. The van der Waals surface area contributed by atoms with Crippen molar-refractivity contribution in [1.82, 2.24) is 9.78 Å². The predicted molar refractivity (Wildman–Crippen MR) is 53.7 cm³/mol. The molecule has 0 bridgehead atoms. The Kier molecular flexibility index (Phi) is 2.60. The van der Waals surface area contributed by atoms with Crippen LogP contribution in [0.3, 0.4) is 0 Å². The van der Waals surface area contributed by atoms with Crippen molar-refractivity contribution in [3.63, 3.8) is 0 Å². The van der Waals surface area contributed by atoms with Gasteiger partial charge in [0.15, 0.2) is 0 Å². The summed E-state index contributed by atoms with van der Waals surface area (Å²) in [6, 6.07) is 2.02. The molecular formula is C9H14N2OS. The van der Waals surface area contributed by atoms with Crippen molar-refractivity contribution < 1.29 is 5.11 Å². The normalized spacial score (nSPS) is 28.2. The number of nitrogens with zero attached hydrogens (tertiary/aromatic N) is 2. The lowest BCUT2D eigenvalue weighted by atomic mass is 10.0. The molecule has 0 aromatic carbocycles. The fourth-order valence-corrected chi connectivity index (χ4v) is 2.92. The molecule has 0 saturated carbocycles. The fourth-order valence-electron chi connectivity index (χ4n) is 1.62. The number of thioether (sulfide) groups is 1. The van der Waals surface area contributed by atoms with Crippen LogP contribution in [0.15, 0.2) is 12.3 Å². The average molecular weight is 198 g/mol. The average Bonchev–Trinajstić information content (AvgIpc) is 2.64. The third-order valence-corrected chi connectivity index (χ3v) is 3.65. The Morgan fingerprint density at radius 2 is 2.54 bits per heavy atom.